The van der Waals surface area contributed by atoms with Crippen LogP contribution in [-0.2, 0) is 24.7 Å². The minimum Gasteiger partial charge on any atom is -0.325 e. The third-order valence-electron chi connectivity index (χ3n) is 9.45. The van der Waals surface area contributed by atoms with Gasteiger partial charge in [-0.3, -0.25) is 20.5 Å². The Bertz CT molecular complexity index is 1450. The molecular formula is C32H39F5N6O. The van der Waals surface area contributed by atoms with Gasteiger partial charge in [0.2, 0.25) is 5.92 Å². The molecular weight excluding hydrogens is 579 g/mol. The molecule has 0 spiro atoms. The lowest BCUT2D eigenvalue weighted by molar-refractivity contribution is -0.138. The number of carbonyl (C=O) groups excluding carboxylic acids is 1. The molecule has 44 heavy (non-hydrogen) atoms. The number of amidine groups is 1. The minimum absolute atomic E-state index is 0.00651. The molecule has 2 aliphatic heterocycles. The second-order valence-corrected chi connectivity index (χ2v) is 13.0. The van der Waals surface area contributed by atoms with Crippen LogP contribution < -0.4 is 4.90 Å². The maximum absolute atomic E-state index is 14.4. The van der Waals surface area contributed by atoms with Crippen molar-refractivity contribution >= 4 is 23.8 Å². The van der Waals surface area contributed by atoms with E-state index < -0.39 is 41.8 Å². The van der Waals surface area contributed by atoms with Crippen molar-refractivity contribution in [1.29, 1.82) is 10.8 Å². The molecule has 2 aromatic carbocycles. The van der Waals surface area contributed by atoms with Crippen LogP contribution in [0.1, 0.15) is 65.7 Å². The van der Waals surface area contributed by atoms with Crippen LogP contribution in [0.25, 0.3) is 0 Å². The fourth-order valence-corrected chi connectivity index (χ4v) is 7.00. The van der Waals surface area contributed by atoms with Gasteiger partial charge in [0.1, 0.15) is 5.84 Å². The zero-order chi connectivity index (χ0) is 32.2. The highest BCUT2D eigenvalue weighted by molar-refractivity contribution is 6.10. The van der Waals surface area contributed by atoms with Crippen molar-refractivity contribution in [3.05, 3.63) is 64.2 Å². The van der Waals surface area contributed by atoms with E-state index in [2.05, 4.69) is 30.7 Å². The lowest BCUT2D eigenvalue weighted by Crippen LogP contribution is -2.53. The average Bonchev–Trinajstić information content (AvgIpc) is 3.27. The highest BCUT2D eigenvalue weighted by Crippen LogP contribution is 2.56. The number of hydrogen-bond donors (Lipinski definition) is 2. The zero-order valence-corrected chi connectivity index (χ0v) is 25.4. The lowest BCUT2D eigenvalue weighted by atomic mass is 9.60. The second kappa shape index (κ2) is 11.5. The van der Waals surface area contributed by atoms with Crippen molar-refractivity contribution in [1.82, 2.24) is 14.7 Å². The Morgan fingerprint density at radius 2 is 1.86 bits per heavy atom. The van der Waals surface area contributed by atoms with Crippen molar-refractivity contribution in [3.63, 3.8) is 0 Å². The first-order chi connectivity index (χ1) is 20.5. The number of nitrogens with one attached hydrogen (secondary N) is 2. The summed E-state index contributed by atoms with van der Waals surface area (Å²) >= 11 is 0. The number of hydrogen-bond acceptors (Lipinski definition) is 5. The summed E-state index contributed by atoms with van der Waals surface area (Å²) in [6.45, 7) is 6.48. The Balaban J connectivity index is 1.45. The normalized spacial score (nSPS) is 21.7. The van der Waals surface area contributed by atoms with Gasteiger partial charge in [0.05, 0.1) is 18.4 Å². The molecule has 2 heterocycles. The molecule has 12 heteroatoms. The van der Waals surface area contributed by atoms with E-state index in [0.717, 1.165) is 18.9 Å². The second-order valence-electron chi connectivity index (χ2n) is 13.0. The summed E-state index contributed by atoms with van der Waals surface area (Å²) in [4.78, 5) is 20.6. The van der Waals surface area contributed by atoms with Crippen LogP contribution in [-0.4, -0.2) is 78.5 Å². The Morgan fingerprint density at radius 3 is 2.48 bits per heavy atom. The standard InChI is InChI=1S/C32H39F5N6O/c1-20(2)27-16-42(9-8-40(27)3)14-21-10-24-25(26(11-21)32(35,36)37)15-43(29(24)44)23-7-5-6-22(12-23)30(17-31(33,34)18-30)13-28(39)41(4)19-38/h5-7,10-12,19-20,27,38-39H,8-9,13-18H2,1-4H3. The summed E-state index contributed by atoms with van der Waals surface area (Å²) in [5, 5.41) is 15.7. The van der Waals surface area contributed by atoms with Gasteiger partial charge in [0, 0.05) is 75.2 Å². The van der Waals surface area contributed by atoms with Crippen molar-refractivity contribution in [2.75, 3.05) is 38.6 Å². The highest BCUT2D eigenvalue weighted by Gasteiger charge is 2.57. The maximum atomic E-state index is 14.4. The predicted molar refractivity (Wildman–Crippen MR) is 160 cm³/mol. The van der Waals surface area contributed by atoms with Gasteiger partial charge in [-0.1, -0.05) is 26.0 Å². The molecule has 0 radical (unpaired) electrons. The summed E-state index contributed by atoms with van der Waals surface area (Å²) in [5.74, 6) is -3.11. The fraction of sp³-hybridized carbons (Fsp3) is 0.531. The van der Waals surface area contributed by atoms with Crippen LogP contribution in [0, 0.1) is 16.7 Å². The largest absolute Gasteiger partial charge is 0.416 e. The number of carbonyl (C=O) groups is 1. The molecule has 1 amide bonds. The van der Waals surface area contributed by atoms with Crippen molar-refractivity contribution in [2.24, 2.45) is 5.92 Å². The zero-order valence-electron chi connectivity index (χ0n) is 25.4. The minimum atomic E-state index is -4.66. The van der Waals surface area contributed by atoms with Crippen LogP contribution in [0.2, 0.25) is 0 Å². The molecule has 2 fully saturated rings. The van der Waals surface area contributed by atoms with Crippen LogP contribution >= 0.6 is 0 Å². The third-order valence-corrected chi connectivity index (χ3v) is 9.45. The van der Waals surface area contributed by atoms with E-state index >= 15 is 0 Å². The van der Waals surface area contributed by atoms with Gasteiger partial charge in [0.15, 0.2) is 0 Å². The number of piperazine rings is 1. The van der Waals surface area contributed by atoms with E-state index in [1.54, 1.807) is 30.3 Å². The predicted octanol–water partition coefficient (Wildman–Crippen LogP) is 6.21. The third kappa shape index (κ3) is 6.10. The first-order valence-electron chi connectivity index (χ1n) is 14.8. The first kappa shape index (κ1) is 32.0. The number of halogens is 5. The molecule has 0 aromatic heterocycles. The smallest absolute Gasteiger partial charge is 0.325 e. The molecule has 7 nitrogen and oxygen atoms in total. The van der Waals surface area contributed by atoms with Crippen molar-refractivity contribution in [2.45, 2.75) is 69.8 Å². The number of rotatable bonds is 8. The van der Waals surface area contributed by atoms with Crippen LogP contribution in [0.5, 0.6) is 0 Å². The summed E-state index contributed by atoms with van der Waals surface area (Å²) in [7, 11) is 3.55. The highest BCUT2D eigenvalue weighted by atomic mass is 19.4. The molecule has 1 unspecified atom stereocenters. The van der Waals surface area contributed by atoms with E-state index in [-0.39, 0.29) is 36.0 Å². The lowest BCUT2D eigenvalue weighted by Gasteiger charge is -2.48. The van der Waals surface area contributed by atoms with Gasteiger partial charge in [-0.25, -0.2) is 8.78 Å². The summed E-state index contributed by atoms with van der Waals surface area (Å²) in [5.41, 5.74) is -0.771. The number of nitrogens with zero attached hydrogens (tertiary/aromatic N) is 4. The van der Waals surface area contributed by atoms with Crippen LogP contribution in [0.4, 0.5) is 27.6 Å². The number of likely N-dealkylation sites (N-methyl/N-ethyl adjacent to an activating group) is 1. The van der Waals surface area contributed by atoms with E-state index in [1.165, 1.54) is 16.8 Å². The first-order valence-corrected chi connectivity index (χ1v) is 14.8. The van der Waals surface area contributed by atoms with Crippen LogP contribution in [0.15, 0.2) is 36.4 Å². The van der Waals surface area contributed by atoms with Gasteiger partial charge in [-0.15, -0.1) is 0 Å². The average molecular weight is 619 g/mol. The maximum Gasteiger partial charge on any atom is 0.416 e. The number of anilines is 1. The summed E-state index contributed by atoms with van der Waals surface area (Å²) in [6.07, 6.45) is -4.78. The monoisotopic (exact) mass is 618 g/mol. The number of fused-ring (bicyclic) bond motifs is 1. The fourth-order valence-electron chi connectivity index (χ4n) is 7.00. The van der Waals surface area contributed by atoms with Gasteiger partial charge >= 0.3 is 6.18 Å². The van der Waals surface area contributed by atoms with Gasteiger partial charge in [-0.2, -0.15) is 13.2 Å². The summed E-state index contributed by atoms with van der Waals surface area (Å²) in [6, 6.07) is 9.45. The van der Waals surface area contributed by atoms with Gasteiger partial charge < -0.3 is 14.7 Å². The number of amides is 1. The molecule has 1 aliphatic carbocycles. The molecule has 1 saturated carbocycles. The van der Waals surface area contributed by atoms with E-state index in [4.69, 9.17) is 10.8 Å². The Hall–Kier alpha value is -3.38. The summed E-state index contributed by atoms with van der Waals surface area (Å²) < 4.78 is 71.6. The Kier molecular flexibility index (Phi) is 8.39. The SMILES string of the molecule is CC(C)C1CN(Cc2cc3c(c(C(F)(F)F)c2)CN(c2cccc(C4(CC(=N)N(C)C=N)CC(F)(F)C4)c2)C3=O)CCN1C. The Morgan fingerprint density at radius 1 is 1.16 bits per heavy atom. The molecule has 2 N–H and O–H groups in total. The van der Waals surface area contributed by atoms with Crippen molar-refractivity contribution in [3.8, 4) is 0 Å². The van der Waals surface area contributed by atoms with E-state index in [9.17, 15) is 26.7 Å². The van der Waals surface area contributed by atoms with E-state index in [1.807, 2.05) is 0 Å². The molecule has 0 bridgehead atoms. The van der Waals surface area contributed by atoms with Gasteiger partial charge in [0.25, 0.3) is 5.91 Å². The topological polar surface area (TPSA) is 77.7 Å². The number of benzene rings is 2. The molecule has 3 aliphatic rings. The van der Waals surface area contributed by atoms with Gasteiger partial charge in [-0.05, 0) is 53.9 Å². The van der Waals surface area contributed by atoms with Crippen molar-refractivity contribution < 1.29 is 26.7 Å². The molecule has 2 aromatic rings. The molecule has 1 atom stereocenters. The quantitative estimate of drug-likeness (QED) is 0.210. The molecule has 238 valence electrons. The van der Waals surface area contributed by atoms with Crippen LogP contribution in [0.3, 0.4) is 0 Å². The molecule has 5 rings (SSSR count). The van der Waals surface area contributed by atoms with E-state index in [0.29, 0.717) is 42.4 Å². The Labute approximate surface area is 254 Å². The number of alkyl halides is 5. The molecule has 1 saturated heterocycles.